The van der Waals surface area contributed by atoms with Crippen molar-refractivity contribution in [2.75, 3.05) is 21.2 Å². The number of nitrogens with zero attached hydrogens (tertiary/aromatic N) is 3. The molecule has 0 amide bonds. The monoisotopic (exact) mass is 410 g/mol. The summed E-state index contributed by atoms with van der Waals surface area (Å²) in [5.41, 5.74) is 2.23. The highest BCUT2D eigenvalue weighted by Gasteiger charge is 2.12. The Morgan fingerprint density at radius 3 is 2.75 bits per heavy atom. The number of aliphatic imine (C=N–C) groups is 1. The van der Waals surface area contributed by atoms with Gasteiger partial charge < -0.3 is 15.0 Å². The molecule has 0 saturated carbocycles. The van der Waals surface area contributed by atoms with E-state index in [2.05, 4.69) is 53.6 Å². The minimum absolute atomic E-state index is 0.0314. The number of halogens is 1. The highest BCUT2D eigenvalue weighted by Crippen LogP contribution is 2.20. The van der Waals surface area contributed by atoms with Crippen molar-refractivity contribution in [2.45, 2.75) is 26.1 Å². The molecule has 130 valence electrons. The molecule has 1 aromatic carbocycles. The quantitative estimate of drug-likeness (QED) is 0.580. The van der Waals surface area contributed by atoms with Crippen molar-refractivity contribution in [3.05, 3.63) is 50.4 Å². The van der Waals surface area contributed by atoms with Gasteiger partial charge in [-0.2, -0.15) is 0 Å². The second kappa shape index (κ2) is 9.15. The van der Waals surface area contributed by atoms with E-state index in [0.29, 0.717) is 6.54 Å². The Kier molecular flexibility index (Phi) is 7.20. The maximum atomic E-state index is 5.31. The number of nitrogens with one attached hydrogen (secondary N) is 1. The minimum atomic E-state index is 0.0314. The Morgan fingerprint density at radius 1 is 1.42 bits per heavy atom. The van der Waals surface area contributed by atoms with E-state index in [1.165, 1.54) is 5.56 Å². The summed E-state index contributed by atoms with van der Waals surface area (Å²) >= 11 is 5.08. The van der Waals surface area contributed by atoms with Gasteiger partial charge in [0.05, 0.1) is 12.2 Å². The lowest BCUT2D eigenvalue weighted by atomic mass is 10.2. The molecule has 7 heteroatoms. The third-order valence-electron chi connectivity index (χ3n) is 3.61. The Labute approximate surface area is 155 Å². The lowest BCUT2D eigenvalue weighted by molar-refractivity contribution is 0.119. The second-order valence-electron chi connectivity index (χ2n) is 5.44. The average molecular weight is 411 g/mol. The third-order valence-corrected chi connectivity index (χ3v) is 5.19. The van der Waals surface area contributed by atoms with E-state index in [1.54, 1.807) is 25.5 Å². The Balaban J connectivity index is 1.92. The number of hydrogen-bond acceptors (Lipinski definition) is 4. The van der Waals surface area contributed by atoms with Crippen molar-refractivity contribution < 1.29 is 4.74 Å². The summed E-state index contributed by atoms with van der Waals surface area (Å²) in [6.07, 6.45) is 0.0314. The lowest BCUT2D eigenvalue weighted by Crippen LogP contribution is -2.38. The lowest BCUT2D eigenvalue weighted by Gasteiger charge is -2.21. The molecule has 0 spiro atoms. The van der Waals surface area contributed by atoms with E-state index < -0.39 is 0 Å². The Hall–Kier alpha value is -1.44. The zero-order valence-electron chi connectivity index (χ0n) is 14.4. The average Bonchev–Trinajstić information content (AvgIpc) is 3.04. The molecule has 1 heterocycles. The second-order valence-corrected chi connectivity index (χ2v) is 7.24. The van der Waals surface area contributed by atoms with Crippen molar-refractivity contribution in [3.8, 4) is 0 Å². The molecule has 1 N–H and O–H groups in total. The summed E-state index contributed by atoms with van der Waals surface area (Å²) in [6, 6.07) is 8.25. The molecule has 1 aromatic heterocycles. The minimum Gasteiger partial charge on any atom is -0.375 e. The van der Waals surface area contributed by atoms with E-state index in [0.717, 1.165) is 27.7 Å². The molecule has 0 aliphatic rings. The molecule has 2 aromatic rings. The molecule has 0 bridgehead atoms. The van der Waals surface area contributed by atoms with Crippen molar-refractivity contribution in [1.82, 2.24) is 15.2 Å². The molecule has 0 aliphatic carbocycles. The zero-order valence-corrected chi connectivity index (χ0v) is 16.8. The molecule has 0 radical (unpaired) electrons. The van der Waals surface area contributed by atoms with Crippen molar-refractivity contribution in [1.29, 1.82) is 0 Å². The standard InChI is InChI=1S/C17H23BrN4OS/c1-12(23-4)16-21-15(11-24-16)10-22(3)17(19-2)20-9-13-5-7-14(18)8-6-13/h5-8,11-12H,9-10H2,1-4H3,(H,19,20). The predicted octanol–water partition coefficient (Wildman–Crippen LogP) is 3.82. The summed E-state index contributed by atoms with van der Waals surface area (Å²) in [5.74, 6) is 0.840. The van der Waals surface area contributed by atoms with E-state index in [4.69, 9.17) is 4.74 Å². The normalized spacial score (nSPS) is 13.0. The van der Waals surface area contributed by atoms with Crippen LogP contribution in [0.5, 0.6) is 0 Å². The summed E-state index contributed by atoms with van der Waals surface area (Å²) in [4.78, 5) is 11.0. The van der Waals surface area contributed by atoms with E-state index >= 15 is 0 Å². The van der Waals surface area contributed by atoms with Gasteiger partial charge in [0, 0.05) is 37.6 Å². The van der Waals surface area contributed by atoms with Crippen LogP contribution in [0.25, 0.3) is 0 Å². The van der Waals surface area contributed by atoms with Crippen LogP contribution in [0, 0.1) is 0 Å². The fraction of sp³-hybridized carbons (Fsp3) is 0.412. The van der Waals surface area contributed by atoms with Crippen LogP contribution in [0.4, 0.5) is 0 Å². The molecular formula is C17H23BrN4OS. The molecule has 24 heavy (non-hydrogen) atoms. The number of rotatable bonds is 6. The van der Waals surface area contributed by atoms with Crippen molar-refractivity contribution in [3.63, 3.8) is 0 Å². The van der Waals surface area contributed by atoms with Crippen LogP contribution in [0.15, 0.2) is 39.1 Å². The largest absolute Gasteiger partial charge is 0.375 e. The molecular weight excluding hydrogens is 388 g/mol. The van der Waals surface area contributed by atoms with Gasteiger partial charge in [-0.15, -0.1) is 11.3 Å². The van der Waals surface area contributed by atoms with Crippen LogP contribution < -0.4 is 5.32 Å². The van der Waals surface area contributed by atoms with Crippen LogP contribution in [0.1, 0.15) is 29.3 Å². The number of methoxy groups -OCH3 is 1. The fourth-order valence-electron chi connectivity index (χ4n) is 2.17. The first-order chi connectivity index (χ1) is 11.5. The predicted molar refractivity (Wildman–Crippen MR) is 103 cm³/mol. The Bertz CT molecular complexity index is 671. The van der Waals surface area contributed by atoms with Gasteiger partial charge in [0.25, 0.3) is 0 Å². The summed E-state index contributed by atoms with van der Waals surface area (Å²) in [5, 5.41) is 6.45. The summed E-state index contributed by atoms with van der Waals surface area (Å²) in [6.45, 7) is 3.44. The van der Waals surface area contributed by atoms with Crippen LogP contribution in [0.3, 0.4) is 0 Å². The topological polar surface area (TPSA) is 49.8 Å². The number of thiazole rings is 1. The summed E-state index contributed by atoms with van der Waals surface area (Å²) < 4.78 is 6.39. The van der Waals surface area contributed by atoms with Gasteiger partial charge in [0.1, 0.15) is 11.1 Å². The molecule has 2 rings (SSSR count). The van der Waals surface area contributed by atoms with Crippen LogP contribution in [-0.2, 0) is 17.8 Å². The molecule has 0 aliphatic heterocycles. The van der Waals surface area contributed by atoms with Gasteiger partial charge in [0.2, 0.25) is 0 Å². The number of guanidine groups is 1. The van der Waals surface area contributed by atoms with Crippen molar-refractivity contribution in [2.24, 2.45) is 4.99 Å². The van der Waals surface area contributed by atoms with Gasteiger partial charge in [0.15, 0.2) is 5.96 Å². The maximum absolute atomic E-state index is 5.31. The first-order valence-corrected chi connectivity index (χ1v) is 9.34. The highest BCUT2D eigenvalue weighted by molar-refractivity contribution is 9.10. The zero-order chi connectivity index (χ0) is 17.5. The highest BCUT2D eigenvalue weighted by atomic mass is 79.9. The molecule has 1 atom stereocenters. The molecule has 5 nitrogen and oxygen atoms in total. The first-order valence-electron chi connectivity index (χ1n) is 7.66. The first kappa shape index (κ1) is 18.9. The molecule has 1 unspecified atom stereocenters. The SMILES string of the molecule is CN=C(NCc1ccc(Br)cc1)N(C)Cc1csc(C(C)OC)n1. The van der Waals surface area contributed by atoms with Crippen LogP contribution in [-0.4, -0.2) is 37.0 Å². The third kappa shape index (κ3) is 5.29. The number of hydrogen-bond donors (Lipinski definition) is 1. The number of aromatic nitrogens is 1. The summed E-state index contributed by atoms with van der Waals surface area (Å²) in [7, 11) is 5.50. The molecule has 0 fully saturated rings. The van der Waals surface area contributed by atoms with Gasteiger partial charge in [-0.1, -0.05) is 28.1 Å². The van der Waals surface area contributed by atoms with Gasteiger partial charge in [-0.3, -0.25) is 4.99 Å². The van der Waals surface area contributed by atoms with Gasteiger partial charge in [-0.25, -0.2) is 4.98 Å². The Morgan fingerprint density at radius 2 is 2.12 bits per heavy atom. The maximum Gasteiger partial charge on any atom is 0.194 e. The van der Waals surface area contributed by atoms with Crippen molar-refractivity contribution >= 4 is 33.2 Å². The fourth-order valence-corrected chi connectivity index (χ4v) is 3.27. The number of benzene rings is 1. The van der Waals surface area contributed by atoms with E-state index in [1.807, 2.05) is 26.1 Å². The number of ether oxygens (including phenoxy) is 1. The van der Waals surface area contributed by atoms with E-state index in [-0.39, 0.29) is 6.10 Å². The molecule has 0 saturated heterocycles. The van der Waals surface area contributed by atoms with Gasteiger partial charge >= 0.3 is 0 Å². The van der Waals surface area contributed by atoms with Crippen LogP contribution >= 0.6 is 27.3 Å². The smallest absolute Gasteiger partial charge is 0.194 e. The van der Waals surface area contributed by atoms with Crippen LogP contribution in [0.2, 0.25) is 0 Å². The van der Waals surface area contributed by atoms with Gasteiger partial charge in [-0.05, 0) is 24.6 Å². The van der Waals surface area contributed by atoms with E-state index in [9.17, 15) is 0 Å².